The fraction of sp³-hybridized carbons (Fsp3) is 0.0952. The van der Waals surface area contributed by atoms with Crippen LogP contribution in [0.25, 0.3) is 11.1 Å². The maximum Gasteiger partial charge on any atom is 0.300 e. The first-order valence-corrected chi connectivity index (χ1v) is 11.2. The Balaban J connectivity index is 1.65. The normalized spacial score (nSPS) is 11.5. The number of nitrogens with one attached hydrogen (secondary N) is 2. The van der Waals surface area contributed by atoms with Crippen LogP contribution >= 0.6 is 11.6 Å². The van der Waals surface area contributed by atoms with E-state index in [9.17, 15) is 18.5 Å². The maximum absolute atomic E-state index is 12.7. The zero-order chi connectivity index (χ0) is 23.0. The number of fused-ring (bicyclic) bond motifs is 1. The standard InChI is InChI=1S/C21H17ClN4O5S/c1-12-9-17(19(26(27)28)10-13(12)2)23-21-24-18-11-16(7-8-20(18)31-21)32(29,30)25-15-5-3-14(22)4-6-15/h3-11,25H,1-2H3,(H,23,24). The fourth-order valence-electron chi connectivity index (χ4n) is 3.03. The van der Waals surface area contributed by atoms with Gasteiger partial charge in [-0.3, -0.25) is 14.8 Å². The van der Waals surface area contributed by atoms with E-state index in [0.717, 1.165) is 11.1 Å². The molecule has 0 saturated carbocycles. The minimum atomic E-state index is -3.88. The van der Waals surface area contributed by atoms with E-state index in [1.165, 1.54) is 24.3 Å². The predicted molar refractivity (Wildman–Crippen MR) is 122 cm³/mol. The molecule has 1 heterocycles. The Morgan fingerprint density at radius 2 is 1.72 bits per heavy atom. The molecule has 0 radical (unpaired) electrons. The first-order chi connectivity index (χ1) is 15.1. The lowest BCUT2D eigenvalue weighted by molar-refractivity contribution is -0.384. The van der Waals surface area contributed by atoms with Gasteiger partial charge in [0.2, 0.25) is 0 Å². The number of nitro benzene ring substituents is 1. The molecule has 11 heteroatoms. The van der Waals surface area contributed by atoms with Crippen LogP contribution in [0.2, 0.25) is 5.02 Å². The van der Waals surface area contributed by atoms with Crippen molar-refractivity contribution in [2.75, 3.05) is 10.0 Å². The number of nitro groups is 1. The van der Waals surface area contributed by atoms with Crippen molar-refractivity contribution in [1.82, 2.24) is 4.98 Å². The quantitative estimate of drug-likeness (QED) is 0.278. The summed E-state index contributed by atoms with van der Waals surface area (Å²) >= 11 is 5.83. The van der Waals surface area contributed by atoms with Crippen LogP contribution in [0.3, 0.4) is 0 Å². The van der Waals surface area contributed by atoms with Crippen LogP contribution in [-0.4, -0.2) is 18.3 Å². The van der Waals surface area contributed by atoms with Crippen molar-refractivity contribution in [3.05, 3.63) is 80.9 Å². The number of nitrogens with zero attached hydrogens (tertiary/aromatic N) is 2. The van der Waals surface area contributed by atoms with E-state index in [-0.39, 0.29) is 27.8 Å². The van der Waals surface area contributed by atoms with Crippen LogP contribution in [-0.2, 0) is 10.0 Å². The molecule has 32 heavy (non-hydrogen) atoms. The highest BCUT2D eigenvalue weighted by Gasteiger charge is 2.20. The van der Waals surface area contributed by atoms with Crippen molar-refractivity contribution in [2.45, 2.75) is 18.7 Å². The number of oxazole rings is 1. The van der Waals surface area contributed by atoms with Crippen molar-refractivity contribution in [3.8, 4) is 0 Å². The van der Waals surface area contributed by atoms with Crippen molar-refractivity contribution >= 4 is 55.8 Å². The number of aryl methyl sites for hydroxylation is 2. The third-order valence-electron chi connectivity index (χ3n) is 4.82. The molecule has 0 unspecified atom stereocenters. The van der Waals surface area contributed by atoms with Gasteiger partial charge in [0.25, 0.3) is 21.7 Å². The highest BCUT2D eigenvalue weighted by molar-refractivity contribution is 7.92. The van der Waals surface area contributed by atoms with Crippen LogP contribution in [0.4, 0.5) is 23.1 Å². The molecule has 0 bridgehead atoms. The number of aromatic nitrogens is 1. The molecule has 0 saturated heterocycles. The smallest absolute Gasteiger partial charge is 0.300 e. The summed E-state index contributed by atoms with van der Waals surface area (Å²) in [4.78, 5) is 15.1. The van der Waals surface area contributed by atoms with Crippen molar-refractivity contribution < 1.29 is 17.8 Å². The summed E-state index contributed by atoms with van der Waals surface area (Å²) in [5, 5.41) is 14.7. The summed E-state index contributed by atoms with van der Waals surface area (Å²) in [5.41, 5.74) is 2.70. The van der Waals surface area contributed by atoms with Crippen LogP contribution in [0.5, 0.6) is 0 Å². The molecule has 9 nitrogen and oxygen atoms in total. The van der Waals surface area contributed by atoms with Gasteiger partial charge in [-0.1, -0.05) is 11.6 Å². The van der Waals surface area contributed by atoms with Gasteiger partial charge in [0.1, 0.15) is 11.2 Å². The van der Waals surface area contributed by atoms with E-state index in [4.69, 9.17) is 16.0 Å². The van der Waals surface area contributed by atoms with Gasteiger partial charge in [-0.25, -0.2) is 8.42 Å². The molecule has 0 aliphatic carbocycles. The number of halogens is 1. The number of rotatable bonds is 6. The second-order valence-corrected chi connectivity index (χ2v) is 9.22. The molecule has 0 fully saturated rings. The largest absolute Gasteiger partial charge is 0.423 e. The van der Waals surface area contributed by atoms with E-state index in [2.05, 4.69) is 15.0 Å². The molecule has 2 N–H and O–H groups in total. The van der Waals surface area contributed by atoms with Gasteiger partial charge < -0.3 is 9.73 Å². The van der Waals surface area contributed by atoms with Crippen molar-refractivity contribution in [2.24, 2.45) is 0 Å². The fourth-order valence-corrected chi connectivity index (χ4v) is 4.23. The average molecular weight is 473 g/mol. The Bertz CT molecular complexity index is 1450. The Kier molecular flexibility index (Phi) is 5.49. The van der Waals surface area contributed by atoms with Crippen LogP contribution in [0, 0.1) is 24.0 Å². The minimum absolute atomic E-state index is 0.00608. The van der Waals surface area contributed by atoms with Gasteiger partial charge >= 0.3 is 0 Å². The van der Waals surface area contributed by atoms with E-state index in [0.29, 0.717) is 16.3 Å². The molecule has 4 aromatic rings. The third-order valence-corrected chi connectivity index (χ3v) is 6.45. The van der Waals surface area contributed by atoms with Gasteiger partial charge in [0.05, 0.1) is 9.82 Å². The van der Waals surface area contributed by atoms with Gasteiger partial charge in [-0.15, -0.1) is 0 Å². The van der Waals surface area contributed by atoms with Gasteiger partial charge in [-0.05, 0) is 73.5 Å². The number of anilines is 3. The number of benzene rings is 3. The summed E-state index contributed by atoms with van der Waals surface area (Å²) in [5.74, 6) is 0. The first kappa shape index (κ1) is 21.6. The molecule has 0 amide bonds. The molecule has 0 aliphatic rings. The summed E-state index contributed by atoms with van der Waals surface area (Å²) in [6, 6.07) is 13.6. The second-order valence-electron chi connectivity index (χ2n) is 7.10. The molecule has 4 rings (SSSR count). The SMILES string of the molecule is Cc1cc(Nc2nc3cc(S(=O)(=O)Nc4ccc(Cl)cc4)ccc3o2)c([N+](=O)[O-])cc1C. The highest BCUT2D eigenvalue weighted by atomic mass is 35.5. The number of hydrogen-bond acceptors (Lipinski definition) is 7. The maximum atomic E-state index is 12.7. The lowest BCUT2D eigenvalue weighted by Gasteiger charge is -2.07. The van der Waals surface area contributed by atoms with E-state index in [1.54, 1.807) is 37.3 Å². The van der Waals surface area contributed by atoms with E-state index in [1.807, 2.05) is 6.92 Å². The van der Waals surface area contributed by atoms with E-state index >= 15 is 0 Å². The average Bonchev–Trinajstić information content (AvgIpc) is 3.13. The monoisotopic (exact) mass is 472 g/mol. The van der Waals surface area contributed by atoms with Crippen molar-refractivity contribution in [3.63, 3.8) is 0 Å². The molecule has 164 valence electrons. The number of hydrogen-bond donors (Lipinski definition) is 2. The van der Waals surface area contributed by atoms with Crippen LogP contribution in [0.1, 0.15) is 11.1 Å². The Labute approximate surface area is 188 Å². The van der Waals surface area contributed by atoms with E-state index < -0.39 is 14.9 Å². The molecule has 0 atom stereocenters. The Morgan fingerprint density at radius 1 is 1.03 bits per heavy atom. The molecule has 0 spiro atoms. The second kappa shape index (κ2) is 8.13. The molecule has 1 aromatic heterocycles. The zero-order valence-corrected chi connectivity index (χ0v) is 18.5. The summed E-state index contributed by atoms with van der Waals surface area (Å²) in [6.07, 6.45) is 0. The van der Waals surface area contributed by atoms with Gasteiger partial charge in [0.15, 0.2) is 5.58 Å². The van der Waals surface area contributed by atoms with Gasteiger partial charge in [-0.2, -0.15) is 4.98 Å². The molecule has 3 aromatic carbocycles. The van der Waals surface area contributed by atoms with Crippen molar-refractivity contribution in [1.29, 1.82) is 0 Å². The highest BCUT2D eigenvalue weighted by Crippen LogP contribution is 2.32. The molecular weight excluding hydrogens is 456 g/mol. The summed E-state index contributed by atoms with van der Waals surface area (Å²) in [6.45, 7) is 3.62. The first-order valence-electron chi connectivity index (χ1n) is 9.34. The summed E-state index contributed by atoms with van der Waals surface area (Å²) in [7, 11) is -3.88. The lowest BCUT2D eigenvalue weighted by atomic mass is 10.1. The zero-order valence-electron chi connectivity index (χ0n) is 16.9. The lowest BCUT2D eigenvalue weighted by Crippen LogP contribution is -2.12. The van der Waals surface area contributed by atoms with Gasteiger partial charge in [0, 0.05) is 16.8 Å². The predicted octanol–water partition coefficient (Wildman–Crippen LogP) is 5.55. The molecular formula is C21H17ClN4O5S. The third kappa shape index (κ3) is 4.36. The number of sulfonamides is 1. The summed E-state index contributed by atoms with van der Waals surface area (Å²) < 4.78 is 33.5. The van der Waals surface area contributed by atoms with Crippen LogP contribution in [0.15, 0.2) is 63.9 Å². The van der Waals surface area contributed by atoms with Crippen LogP contribution < -0.4 is 10.0 Å². The molecule has 0 aliphatic heterocycles. The Morgan fingerprint density at radius 3 is 2.41 bits per heavy atom. The minimum Gasteiger partial charge on any atom is -0.423 e. The topological polar surface area (TPSA) is 127 Å². The Hall–Kier alpha value is -3.63.